The largest absolute Gasteiger partial charge is 0.294 e. The summed E-state index contributed by atoms with van der Waals surface area (Å²) in [6, 6.07) is 12.6. The summed E-state index contributed by atoms with van der Waals surface area (Å²) in [7, 11) is -6.84. The maximum absolute atomic E-state index is 12.6. The number of hydrogen-bond acceptors (Lipinski definition) is 5. The Labute approximate surface area is 173 Å². The molecule has 0 unspecified atom stereocenters. The van der Waals surface area contributed by atoms with Crippen LogP contribution in [0.4, 0.5) is 0 Å². The van der Waals surface area contributed by atoms with Gasteiger partial charge in [0.25, 0.3) is 0 Å². The molecule has 0 aliphatic heterocycles. The van der Waals surface area contributed by atoms with Gasteiger partial charge in [-0.2, -0.15) is 0 Å². The van der Waals surface area contributed by atoms with E-state index in [1.807, 2.05) is 0 Å². The normalized spacial score (nSPS) is 12.5. The maximum Gasteiger partial charge on any atom is 0.240 e. The van der Waals surface area contributed by atoms with Crippen molar-refractivity contribution in [2.24, 2.45) is 0 Å². The Bertz CT molecular complexity index is 1070. The van der Waals surface area contributed by atoms with Crippen molar-refractivity contribution >= 4 is 25.6 Å². The van der Waals surface area contributed by atoms with Gasteiger partial charge in [0, 0.05) is 18.0 Å². The van der Waals surface area contributed by atoms with E-state index in [0.717, 1.165) is 0 Å². The first-order valence-corrected chi connectivity index (χ1v) is 12.6. The molecule has 158 valence electrons. The van der Waals surface area contributed by atoms with Gasteiger partial charge in [0.2, 0.25) is 10.0 Å². The first-order valence-electron chi connectivity index (χ1n) is 9.35. The van der Waals surface area contributed by atoms with Gasteiger partial charge in [-0.3, -0.25) is 4.79 Å². The second kappa shape index (κ2) is 9.19. The van der Waals surface area contributed by atoms with Crippen molar-refractivity contribution in [2.45, 2.75) is 56.1 Å². The van der Waals surface area contributed by atoms with Gasteiger partial charge < -0.3 is 0 Å². The molecule has 0 atom stereocenters. The average Bonchev–Trinajstić information content (AvgIpc) is 2.61. The van der Waals surface area contributed by atoms with Crippen LogP contribution in [-0.2, 0) is 32.0 Å². The summed E-state index contributed by atoms with van der Waals surface area (Å²) >= 11 is 0. The van der Waals surface area contributed by atoms with Gasteiger partial charge in [-0.25, -0.2) is 21.6 Å². The Balaban J connectivity index is 2.14. The van der Waals surface area contributed by atoms with E-state index in [2.05, 4.69) is 4.72 Å². The summed E-state index contributed by atoms with van der Waals surface area (Å²) in [6.45, 7) is 6.75. The molecule has 0 saturated heterocycles. The Hall–Kier alpha value is -2.03. The Morgan fingerprint density at radius 2 is 1.52 bits per heavy atom. The van der Waals surface area contributed by atoms with Crippen LogP contribution in [0.5, 0.6) is 0 Å². The molecule has 0 amide bonds. The highest BCUT2D eigenvalue weighted by atomic mass is 32.2. The monoisotopic (exact) mass is 437 g/mol. The minimum atomic E-state index is -3.63. The van der Waals surface area contributed by atoms with Gasteiger partial charge in [0.1, 0.15) is 0 Å². The molecule has 1 N–H and O–H groups in total. The predicted octanol–water partition coefficient (Wildman–Crippen LogP) is 3.12. The molecule has 0 radical (unpaired) electrons. The molecule has 8 heteroatoms. The van der Waals surface area contributed by atoms with E-state index in [1.165, 1.54) is 12.1 Å². The SMILES string of the molecule is CC(C)NS(=O)(=O)c1cccc(CC(=O)c2ccc(CS(=O)(=O)C(C)C)cc2)c1. The van der Waals surface area contributed by atoms with Gasteiger partial charge >= 0.3 is 0 Å². The highest BCUT2D eigenvalue weighted by Gasteiger charge is 2.18. The molecule has 0 aliphatic carbocycles. The number of sulfone groups is 1. The fourth-order valence-electron chi connectivity index (χ4n) is 2.67. The lowest BCUT2D eigenvalue weighted by molar-refractivity contribution is 0.0993. The molecule has 0 aliphatic rings. The summed E-state index contributed by atoms with van der Waals surface area (Å²) in [5.41, 5.74) is 1.67. The smallest absolute Gasteiger partial charge is 0.240 e. The minimum Gasteiger partial charge on any atom is -0.294 e. The molecule has 0 saturated carbocycles. The number of benzene rings is 2. The fraction of sp³-hybridized carbons (Fsp3) is 0.381. The van der Waals surface area contributed by atoms with Crippen LogP contribution in [0.1, 0.15) is 49.2 Å². The van der Waals surface area contributed by atoms with Crippen molar-refractivity contribution < 1.29 is 21.6 Å². The van der Waals surface area contributed by atoms with Crippen LogP contribution in [-0.4, -0.2) is 33.9 Å². The molecule has 29 heavy (non-hydrogen) atoms. The quantitative estimate of drug-likeness (QED) is 0.608. The molecule has 0 fully saturated rings. The number of nitrogens with one attached hydrogen (secondary N) is 1. The number of carbonyl (C=O) groups excluding carboxylic acids is 1. The lowest BCUT2D eigenvalue weighted by Gasteiger charge is -2.11. The Morgan fingerprint density at radius 3 is 2.07 bits per heavy atom. The zero-order valence-electron chi connectivity index (χ0n) is 17.0. The second-order valence-electron chi connectivity index (χ2n) is 7.58. The number of carbonyl (C=O) groups is 1. The lowest BCUT2D eigenvalue weighted by Crippen LogP contribution is -2.30. The Kier molecular flexibility index (Phi) is 7.37. The third-order valence-electron chi connectivity index (χ3n) is 4.33. The van der Waals surface area contributed by atoms with Crippen LogP contribution >= 0.6 is 0 Å². The molecule has 2 aromatic carbocycles. The van der Waals surface area contributed by atoms with E-state index in [-0.39, 0.29) is 28.9 Å². The molecule has 0 heterocycles. The third-order valence-corrected chi connectivity index (χ3v) is 8.15. The molecule has 2 aromatic rings. The highest BCUT2D eigenvalue weighted by molar-refractivity contribution is 7.91. The van der Waals surface area contributed by atoms with Gasteiger partial charge in [0.15, 0.2) is 15.6 Å². The molecular formula is C21H27NO5S2. The minimum absolute atomic E-state index is 0.0503. The lowest BCUT2D eigenvalue weighted by atomic mass is 10.0. The molecule has 0 bridgehead atoms. The zero-order valence-corrected chi connectivity index (χ0v) is 18.7. The van der Waals surface area contributed by atoms with Crippen molar-refractivity contribution in [1.29, 1.82) is 0 Å². The van der Waals surface area contributed by atoms with E-state index in [9.17, 15) is 21.6 Å². The van der Waals surface area contributed by atoms with Crippen LogP contribution in [0, 0.1) is 0 Å². The topological polar surface area (TPSA) is 97.4 Å². The van der Waals surface area contributed by atoms with Gasteiger partial charge in [-0.05, 0) is 51.0 Å². The number of rotatable bonds is 9. The molecule has 0 aromatic heterocycles. The number of hydrogen-bond donors (Lipinski definition) is 1. The van der Waals surface area contributed by atoms with E-state index in [1.54, 1.807) is 64.1 Å². The van der Waals surface area contributed by atoms with E-state index < -0.39 is 25.1 Å². The summed E-state index contributed by atoms with van der Waals surface area (Å²) < 4.78 is 51.2. The first kappa shape index (κ1) is 23.3. The number of ketones is 1. The summed E-state index contributed by atoms with van der Waals surface area (Å²) in [6.07, 6.45) is 0.0503. The molecule has 6 nitrogen and oxygen atoms in total. The van der Waals surface area contributed by atoms with Crippen LogP contribution < -0.4 is 4.72 Å². The third kappa shape index (κ3) is 6.48. The number of sulfonamides is 1. The Morgan fingerprint density at radius 1 is 0.897 bits per heavy atom. The fourth-order valence-corrected chi connectivity index (χ4v) is 4.99. The van der Waals surface area contributed by atoms with Crippen molar-refractivity contribution in [2.75, 3.05) is 0 Å². The maximum atomic E-state index is 12.6. The van der Waals surface area contributed by atoms with Crippen molar-refractivity contribution in [3.63, 3.8) is 0 Å². The van der Waals surface area contributed by atoms with Crippen molar-refractivity contribution in [1.82, 2.24) is 4.72 Å². The molecule has 0 spiro atoms. The van der Waals surface area contributed by atoms with Crippen LogP contribution in [0.3, 0.4) is 0 Å². The molecule has 2 rings (SSSR count). The van der Waals surface area contributed by atoms with Crippen LogP contribution in [0.15, 0.2) is 53.4 Å². The molecular weight excluding hydrogens is 410 g/mol. The van der Waals surface area contributed by atoms with E-state index in [4.69, 9.17) is 0 Å². The van der Waals surface area contributed by atoms with E-state index in [0.29, 0.717) is 16.7 Å². The van der Waals surface area contributed by atoms with Crippen LogP contribution in [0.2, 0.25) is 0 Å². The van der Waals surface area contributed by atoms with Crippen molar-refractivity contribution in [3.05, 3.63) is 65.2 Å². The van der Waals surface area contributed by atoms with Gasteiger partial charge in [-0.1, -0.05) is 36.4 Å². The van der Waals surface area contributed by atoms with Gasteiger partial charge in [-0.15, -0.1) is 0 Å². The van der Waals surface area contributed by atoms with Crippen molar-refractivity contribution in [3.8, 4) is 0 Å². The zero-order chi connectivity index (χ0) is 21.8. The first-order chi connectivity index (χ1) is 13.4. The summed E-state index contributed by atoms with van der Waals surface area (Å²) in [5, 5.41) is -0.461. The van der Waals surface area contributed by atoms with E-state index >= 15 is 0 Å². The second-order valence-corrected chi connectivity index (χ2v) is 11.8. The standard InChI is InChI=1S/C21H27NO5S2/c1-15(2)22-29(26,27)20-7-5-6-18(12-20)13-21(23)19-10-8-17(9-11-19)14-28(24,25)16(3)4/h5-12,15-16,22H,13-14H2,1-4H3. The highest BCUT2D eigenvalue weighted by Crippen LogP contribution is 2.16. The van der Waals surface area contributed by atoms with Gasteiger partial charge in [0.05, 0.1) is 15.9 Å². The average molecular weight is 438 g/mol. The predicted molar refractivity (Wildman–Crippen MR) is 114 cm³/mol. The number of Topliss-reactive ketones (excluding diaryl/α,β-unsaturated/α-hetero) is 1. The summed E-state index contributed by atoms with van der Waals surface area (Å²) in [4.78, 5) is 12.7. The van der Waals surface area contributed by atoms with Crippen LogP contribution in [0.25, 0.3) is 0 Å². The summed E-state index contributed by atoms with van der Waals surface area (Å²) in [5.74, 6) is -0.239.